The van der Waals surface area contributed by atoms with Crippen molar-refractivity contribution in [1.29, 1.82) is 0 Å². The Morgan fingerprint density at radius 2 is 2.12 bits per heavy atom. The first kappa shape index (κ1) is 16.9. The Hall–Kier alpha value is -1.92. The van der Waals surface area contributed by atoms with Gasteiger partial charge in [-0.3, -0.25) is 0 Å². The number of alkyl halides is 2. The molecule has 1 fully saturated rings. The number of likely N-dealkylation sites (tertiary alicyclic amines) is 1. The van der Waals surface area contributed by atoms with Gasteiger partial charge in [0.1, 0.15) is 5.60 Å². The summed E-state index contributed by atoms with van der Waals surface area (Å²) in [5.41, 5.74) is 1.09. The predicted molar refractivity (Wildman–Crippen MR) is 83.0 cm³/mol. The first-order chi connectivity index (χ1) is 11.2. The quantitative estimate of drug-likeness (QED) is 0.819. The third-order valence-electron chi connectivity index (χ3n) is 4.35. The minimum absolute atomic E-state index is 0.0776. The van der Waals surface area contributed by atoms with E-state index < -0.39 is 12.2 Å². The normalized spacial score (nSPS) is 23.0. The van der Waals surface area contributed by atoms with E-state index in [0.717, 1.165) is 24.1 Å². The van der Waals surface area contributed by atoms with Crippen LogP contribution in [0, 0.1) is 5.92 Å². The van der Waals surface area contributed by atoms with Crippen molar-refractivity contribution in [2.45, 2.75) is 58.3 Å². The highest BCUT2D eigenvalue weighted by molar-refractivity contribution is 5.69. The zero-order valence-electron chi connectivity index (χ0n) is 14.1. The first-order valence-corrected chi connectivity index (χ1v) is 8.19. The molecule has 0 N–H and O–H groups in total. The van der Waals surface area contributed by atoms with Gasteiger partial charge in [0, 0.05) is 12.6 Å². The summed E-state index contributed by atoms with van der Waals surface area (Å²) in [5.74, 6) is 0.168. The number of carbonyl (C=O) groups is 1. The number of piperidine rings is 1. The van der Waals surface area contributed by atoms with E-state index >= 15 is 0 Å². The van der Waals surface area contributed by atoms with Crippen LogP contribution in [0.3, 0.4) is 0 Å². The number of halogens is 2. The SMILES string of the molecule is CC(C)(C)OC(=O)N1CCC[C@@H]2Cc3nc(OC(F)F)ccc3[C@H]21. The van der Waals surface area contributed by atoms with Crippen LogP contribution in [0.25, 0.3) is 0 Å². The molecular formula is C17H22F2N2O3. The van der Waals surface area contributed by atoms with Gasteiger partial charge >= 0.3 is 12.7 Å². The number of carbonyl (C=O) groups excluding carboxylic acids is 1. The highest BCUT2D eigenvalue weighted by Crippen LogP contribution is 2.45. The van der Waals surface area contributed by atoms with Gasteiger partial charge in [-0.2, -0.15) is 8.78 Å². The minimum atomic E-state index is -2.89. The summed E-state index contributed by atoms with van der Waals surface area (Å²) in [6, 6.07) is 3.08. The van der Waals surface area contributed by atoms with Gasteiger partial charge in [0.2, 0.25) is 5.88 Å². The molecule has 1 aliphatic carbocycles. The number of rotatable bonds is 2. The molecule has 132 valence electrons. The van der Waals surface area contributed by atoms with Crippen LogP contribution in [0.4, 0.5) is 13.6 Å². The summed E-state index contributed by atoms with van der Waals surface area (Å²) in [4.78, 5) is 18.5. The molecule has 7 heteroatoms. The van der Waals surface area contributed by atoms with E-state index in [1.807, 2.05) is 20.8 Å². The average molecular weight is 340 g/mol. The molecule has 0 aromatic carbocycles. The second-order valence-electron chi connectivity index (χ2n) is 7.29. The molecular weight excluding hydrogens is 318 g/mol. The Morgan fingerprint density at radius 1 is 1.38 bits per heavy atom. The van der Waals surface area contributed by atoms with Crippen LogP contribution in [0.5, 0.6) is 5.88 Å². The summed E-state index contributed by atoms with van der Waals surface area (Å²) in [7, 11) is 0. The van der Waals surface area contributed by atoms with E-state index in [0.29, 0.717) is 13.0 Å². The van der Waals surface area contributed by atoms with E-state index in [2.05, 4.69) is 9.72 Å². The number of pyridine rings is 1. The summed E-state index contributed by atoms with van der Waals surface area (Å²) < 4.78 is 34.6. The fourth-order valence-electron chi connectivity index (χ4n) is 3.57. The summed E-state index contributed by atoms with van der Waals surface area (Å²) in [6.07, 6.45) is 2.21. The maximum Gasteiger partial charge on any atom is 0.410 e. The number of aromatic nitrogens is 1. The molecule has 0 saturated carbocycles. The second kappa shape index (κ2) is 6.18. The van der Waals surface area contributed by atoms with Crippen molar-refractivity contribution >= 4 is 6.09 Å². The fourth-order valence-corrected chi connectivity index (χ4v) is 3.57. The monoisotopic (exact) mass is 340 g/mol. The third-order valence-corrected chi connectivity index (χ3v) is 4.35. The van der Waals surface area contributed by atoms with Crippen LogP contribution in [-0.2, 0) is 11.2 Å². The van der Waals surface area contributed by atoms with Crippen molar-refractivity contribution in [3.8, 4) is 5.88 Å². The van der Waals surface area contributed by atoms with Crippen LogP contribution in [0.15, 0.2) is 12.1 Å². The highest BCUT2D eigenvalue weighted by atomic mass is 19.3. The Kier molecular flexibility index (Phi) is 4.36. The molecule has 1 amide bonds. The Bertz CT molecular complexity index is 631. The highest BCUT2D eigenvalue weighted by Gasteiger charge is 2.43. The van der Waals surface area contributed by atoms with Crippen LogP contribution < -0.4 is 4.74 Å². The van der Waals surface area contributed by atoms with Gasteiger partial charge in [-0.05, 0) is 57.6 Å². The molecule has 2 heterocycles. The molecule has 2 atom stereocenters. The predicted octanol–water partition coefficient (Wildman–Crippen LogP) is 3.93. The molecule has 0 unspecified atom stereocenters. The molecule has 1 aromatic heterocycles. The molecule has 0 spiro atoms. The van der Waals surface area contributed by atoms with Crippen LogP contribution in [-0.4, -0.2) is 34.7 Å². The number of ether oxygens (including phenoxy) is 2. The molecule has 24 heavy (non-hydrogen) atoms. The van der Waals surface area contributed by atoms with Crippen molar-refractivity contribution in [2.75, 3.05) is 6.54 Å². The molecule has 2 aliphatic rings. The summed E-state index contributed by atoms with van der Waals surface area (Å²) in [6.45, 7) is 3.25. The zero-order valence-corrected chi connectivity index (χ0v) is 14.1. The maximum atomic E-state index is 12.5. The first-order valence-electron chi connectivity index (χ1n) is 8.19. The lowest BCUT2D eigenvalue weighted by molar-refractivity contribution is -0.0529. The lowest BCUT2D eigenvalue weighted by atomic mass is 9.90. The molecule has 5 nitrogen and oxygen atoms in total. The molecule has 1 aliphatic heterocycles. The van der Waals surface area contributed by atoms with Gasteiger partial charge < -0.3 is 14.4 Å². The van der Waals surface area contributed by atoms with Gasteiger partial charge in [-0.1, -0.05) is 0 Å². The lowest BCUT2D eigenvalue weighted by Crippen LogP contribution is -2.43. The number of amides is 1. The standard InChI is InChI=1S/C17H22F2N2O3/c1-17(2,3)24-16(22)21-8-4-5-10-9-12-11(14(10)21)6-7-13(20-12)23-15(18)19/h6-7,10,14-15H,4-5,8-9H2,1-3H3/t10-,14+/m1/s1. The van der Waals surface area contributed by atoms with Crippen molar-refractivity contribution in [2.24, 2.45) is 5.92 Å². The molecule has 1 aromatic rings. The Labute approximate surface area is 139 Å². The average Bonchev–Trinajstić information content (AvgIpc) is 2.82. The van der Waals surface area contributed by atoms with Gasteiger partial charge in [0.05, 0.1) is 11.7 Å². The number of hydrogen-bond donors (Lipinski definition) is 0. The van der Waals surface area contributed by atoms with Crippen molar-refractivity contribution in [1.82, 2.24) is 9.88 Å². The Balaban J connectivity index is 1.85. The maximum absolute atomic E-state index is 12.5. The van der Waals surface area contributed by atoms with Crippen LogP contribution in [0.1, 0.15) is 50.9 Å². The van der Waals surface area contributed by atoms with Crippen molar-refractivity contribution in [3.05, 3.63) is 23.4 Å². The molecule has 1 saturated heterocycles. The summed E-state index contributed by atoms with van der Waals surface area (Å²) in [5, 5.41) is 0. The van der Waals surface area contributed by atoms with E-state index in [1.54, 1.807) is 11.0 Å². The van der Waals surface area contributed by atoms with E-state index in [9.17, 15) is 13.6 Å². The smallest absolute Gasteiger partial charge is 0.410 e. The molecule has 0 radical (unpaired) electrons. The fraction of sp³-hybridized carbons (Fsp3) is 0.647. The topological polar surface area (TPSA) is 51.7 Å². The van der Waals surface area contributed by atoms with Crippen molar-refractivity contribution < 1.29 is 23.0 Å². The number of nitrogens with zero attached hydrogens (tertiary/aromatic N) is 2. The third kappa shape index (κ3) is 3.44. The zero-order chi connectivity index (χ0) is 17.5. The van der Waals surface area contributed by atoms with E-state index in [-0.39, 0.29) is 23.9 Å². The van der Waals surface area contributed by atoms with E-state index in [1.165, 1.54) is 6.07 Å². The Morgan fingerprint density at radius 3 is 2.79 bits per heavy atom. The summed E-state index contributed by atoms with van der Waals surface area (Å²) >= 11 is 0. The molecule has 0 bridgehead atoms. The number of fused-ring (bicyclic) bond motifs is 3. The van der Waals surface area contributed by atoms with Gasteiger partial charge in [0.15, 0.2) is 0 Å². The number of hydrogen-bond acceptors (Lipinski definition) is 4. The second-order valence-corrected chi connectivity index (χ2v) is 7.29. The molecule has 3 rings (SSSR count). The van der Waals surface area contributed by atoms with Crippen LogP contribution >= 0.6 is 0 Å². The minimum Gasteiger partial charge on any atom is -0.444 e. The van der Waals surface area contributed by atoms with Crippen LogP contribution in [0.2, 0.25) is 0 Å². The lowest BCUT2D eigenvalue weighted by Gasteiger charge is -2.38. The van der Waals surface area contributed by atoms with Gasteiger partial charge in [-0.15, -0.1) is 0 Å². The van der Waals surface area contributed by atoms with Crippen molar-refractivity contribution in [3.63, 3.8) is 0 Å². The van der Waals surface area contributed by atoms with Gasteiger partial charge in [0.25, 0.3) is 0 Å². The van der Waals surface area contributed by atoms with E-state index in [4.69, 9.17) is 4.74 Å². The largest absolute Gasteiger partial charge is 0.444 e. The van der Waals surface area contributed by atoms with Gasteiger partial charge in [-0.25, -0.2) is 9.78 Å².